The molecule has 2 aromatic carbocycles. The molecule has 0 aliphatic carbocycles. The fourth-order valence-electron chi connectivity index (χ4n) is 2.67. The maximum Gasteiger partial charge on any atom is 0.272 e. The fraction of sp³-hybridized carbons (Fsp3) is 0.278. The van der Waals surface area contributed by atoms with Crippen molar-refractivity contribution in [2.75, 3.05) is 19.8 Å². The van der Waals surface area contributed by atoms with E-state index in [4.69, 9.17) is 9.47 Å². The molecule has 1 aliphatic rings. The molecular formula is C18H18N2O5. The van der Waals surface area contributed by atoms with Crippen LogP contribution in [0.4, 0.5) is 5.69 Å². The van der Waals surface area contributed by atoms with E-state index < -0.39 is 4.92 Å². The summed E-state index contributed by atoms with van der Waals surface area (Å²) in [5, 5.41) is 13.6. The molecule has 7 nitrogen and oxygen atoms in total. The minimum atomic E-state index is -0.459. The summed E-state index contributed by atoms with van der Waals surface area (Å²) in [6.45, 7) is 3.16. The van der Waals surface area contributed by atoms with Crippen LogP contribution in [0.2, 0.25) is 0 Å². The largest absolute Gasteiger partial charge is 0.486 e. The van der Waals surface area contributed by atoms with Crippen LogP contribution < -0.4 is 14.8 Å². The minimum Gasteiger partial charge on any atom is -0.486 e. The molecule has 0 bridgehead atoms. The van der Waals surface area contributed by atoms with Gasteiger partial charge in [0.05, 0.1) is 4.92 Å². The van der Waals surface area contributed by atoms with Crippen LogP contribution in [0.1, 0.15) is 21.5 Å². The van der Waals surface area contributed by atoms with Gasteiger partial charge in [0.25, 0.3) is 11.6 Å². The van der Waals surface area contributed by atoms with Crippen LogP contribution >= 0.6 is 0 Å². The smallest absolute Gasteiger partial charge is 0.272 e. The maximum atomic E-state index is 12.2. The first-order valence-electron chi connectivity index (χ1n) is 7.96. The molecule has 0 atom stereocenters. The monoisotopic (exact) mass is 342 g/mol. The normalized spacial score (nSPS) is 12.5. The first kappa shape index (κ1) is 16.8. The van der Waals surface area contributed by atoms with Crippen molar-refractivity contribution in [3.8, 4) is 11.5 Å². The summed E-state index contributed by atoms with van der Waals surface area (Å²) < 4.78 is 11.0. The zero-order valence-electron chi connectivity index (χ0n) is 13.8. The molecule has 0 aromatic heterocycles. The number of hydrogen-bond acceptors (Lipinski definition) is 5. The van der Waals surface area contributed by atoms with Crippen LogP contribution in [0.5, 0.6) is 11.5 Å². The summed E-state index contributed by atoms with van der Waals surface area (Å²) in [6, 6.07) is 10.1. The van der Waals surface area contributed by atoms with Crippen molar-refractivity contribution < 1.29 is 19.2 Å². The van der Waals surface area contributed by atoms with Gasteiger partial charge in [-0.2, -0.15) is 0 Å². The number of rotatable bonds is 5. The summed E-state index contributed by atoms with van der Waals surface area (Å²) in [7, 11) is 0. The second-order valence-electron chi connectivity index (χ2n) is 5.74. The summed E-state index contributed by atoms with van der Waals surface area (Å²) >= 11 is 0. The predicted octanol–water partition coefficient (Wildman–Crippen LogP) is 2.65. The average Bonchev–Trinajstić information content (AvgIpc) is 2.61. The van der Waals surface area contributed by atoms with E-state index in [1.165, 1.54) is 18.2 Å². The Bertz CT molecular complexity index is 819. The second-order valence-corrected chi connectivity index (χ2v) is 5.74. The summed E-state index contributed by atoms with van der Waals surface area (Å²) in [4.78, 5) is 22.5. The molecule has 0 spiro atoms. The number of carbonyl (C=O) groups is 1. The molecule has 130 valence electrons. The third kappa shape index (κ3) is 3.88. The molecule has 0 saturated heterocycles. The summed E-state index contributed by atoms with van der Waals surface area (Å²) in [6.07, 6.45) is 0.647. The number of benzene rings is 2. The van der Waals surface area contributed by atoms with Gasteiger partial charge in [-0.25, -0.2) is 0 Å². The average molecular weight is 342 g/mol. The third-order valence-electron chi connectivity index (χ3n) is 3.96. The van der Waals surface area contributed by atoms with E-state index in [0.29, 0.717) is 37.3 Å². The number of nitrogens with one attached hydrogen (secondary N) is 1. The SMILES string of the molecule is Cc1cc(C(=O)NCCc2ccc3c(c2)OCCO3)ccc1[N+](=O)[O-]. The molecule has 1 aliphatic heterocycles. The quantitative estimate of drug-likeness (QED) is 0.666. The number of aryl methyl sites for hydroxylation is 1. The molecule has 0 fully saturated rings. The Hall–Kier alpha value is -3.09. The fourth-order valence-corrected chi connectivity index (χ4v) is 2.67. The Balaban J connectivity index is 1.57. The van der Waals surface area contributed by atoms with Gasteiger partial charge < -0.3 is 14.8 Å². The molecule has 0 unspecified atom stereocenters. The molecule has 0 saturated carbocycles. The predicted molar refractivity (Wildman–Crippen MR) is 91.3 cm³/mol. The van der Waals surface area contributed by atoms with E-state index in [1.54, 1.807) is 6.92 Å². The van der Waals surface area contributed by atoms with Crippen molar-refractivity contribution in [3.05, 3.63) is 63.2 Å². The molecular weight excluding hydrogens is 324 g/mol. The number of nitro benzene ring substituents is 1. The molecule has 1 heterocycles. The van der Waals surface area contributed by atoms with Crippen molar-refractivity contribution in [1.29, 1.82) is 0 Å². The van der Waals surface area contributed by atoms with Crippen LogP contribution in [-0.4, -0.2) is 30.6 Å². The van der Waals surface area contributed by atoms with Crippen molar-refractivity contribution >= 4 is 11.6 Å². The van der Waals surface area contributed by atoms with Crippen molar-refractivity contribution in [1.82, 2.24) is 5.32 Å². The van der Waals surface area contributed by atoms with Gasteiger partial charge in [0.2, 0.25) is 0 Å². The van der Waals surface area contributed by atoms with Crippen LogP contribution in [0.3, 0.4) is 0 Å². The first-order valence-corrected chi connectivity index (χ1v) is 7.96. The number of nitrogens with zero attached hydrogens (tertiary/aromatic N) is 1. The number of fused-ring (bicyclic) bond motifs is 1. The summed E-state index contributed by atoms with van der Waals surface area (Å²) in [5.41, 5.74) is 1.91. The van der Waals surface area contributed by atoms with E-state index in [1.807, 2.05) is 18.2 Å². The van der Waals surface area contributed by atoms with E-state index in [-0.39, 0.29) is 11.6 Å². The van der Waals surface area contributed by atoms with Crippen LogP contribution in [0.25, 0.3) is 0 Å². The second kappa shape index (κ2) is 7.21. The highest BCUT2D eigenvalue weighted by Gasteiger charge is 2.14. The van der Waals surface area contributed by atoms with Crippen molar-refractivity contribution in [2.45, 2.75) is 13.3 Å². The van der Waals surface area contributed by atoms with Gasteiger partial charge in [0.15, 0.2) is 11.5 Å². The Labute approximate surface area is 144 Å². The number of amides is 1. The Morgan fingerprint density at radius 3 is 2.64 bits per heavy atom. The number of carbonyl (C=O) groups excluding carboxylic acids is 1. The zero-order valence-corrected chi connectivity index (χ0v) is 13.8. The van der Waals surface area contributed by atoms with Crippen LogP contribution in [0.15, 0.2) is 36.4 Å². The molecule has 25 heavy (non-hydrogen) atoms. The van der Waals surface area contributed by atoms with Crippen LogP contribution in [0, 0.1) is 17.0 Å². The number of ether oxygens (including phenoxy) is 2. The highest BCUT2D eigenvalue weighted by Crippen LogP contribution is 2.30. The Morgan fingerprint density at radius 2 is 1.92 bits per heavy atom. The molecule has 3 rings (SSSR count). The van der Waals surface area contributed by atoms with Crippen molar-refractivity contribution in [3.63, 3.8) is 0 Å². The van der Waals surface area contributed by atoms with Crippen LogP contribution in [-0.2, 0) is 6.42 Å². The highest BCUT2D eigenvalue weighted by atomic mass is 16.6. The lowest BCUT2D eigenvalue weighted by Gasteiger charge is -2.18. The van der Waals surface area contributed by atoms with E-state index in [2.05, 4.69) is 5.32 Å². The lowest BCUT2D eigenvalue weighted by molar-refractivity contribution is -0.385. The van der Waals surface area contributed by atoms with Gasteiger partial charge in [-0.15, -0.1) is 0 Å². The maximum absolute atomic E-state index is 12.2. The standard InChI is InChI=1S/C18H18N2O5/c1-12-10-14(3-4-15(12)20(22)23)18(21)19-7-6-13-2-5-16-17(11-13)25-9-8-24-16/h2-5,10-11H,6-9H2,1H3,(H,19,21). The third-order valence-corrected chi connectivity index (χ3v) is 3.96. The first-order chi connectivity index (χ1) is 12.0. The Kier molecular flexibility index (Phi) is 4.83. The van der Waals surface area contributed by atoms with E-state index >= 15 is 0 Å². The molecule has 0 radical (unpaired) electrons. The molecule has 1 N–H and O–H groups in total. The zero-order chi connectivity index (χ0) is 17.8. The molecule has 7 heteroatoms. The topological polar surface area (TPSA) is 90.7 Å². The van der Waals surface area contributed by atoms with Gasteiger partial charge in [0, 0.05) is 23.7 Å². The van der Waals surface area contributed by atoms with Gasteiger partial charge in [-0.1, -0.05) is 6.07 Å². The van der Waals surface area contributed by atoms with E-state index in [0.717, 1.165) is 17.1 Å². The molecule has 1 amide bonds. The van der Waals surface area contributed by atoms with Gasteiger partial charge in [0.1, 0.15) is 13.2 Å². The van der Waals surface area contributed by atoms with Gasteiger partial charge >= 0.3 is 0 Å². The number of hydrogen-bond donors (Lipinski definition) is 1. The highest BCUT2D eigenvalue weighted by molar-refractivity contribution is 5.94. The van der Waals surface area contributed by atoms with Crippen molar-refractivity contribution in [2.24, 2.45) is 0 Å². The number of nitro groups is 1. The lowest BCUT2D eigenvalue weighted by Crippen LogP contribution is -2.25. The van der Waals surface area contributed by atoms with E-state index in [9.17, 15) is 14.9 Å². The summed E-state index contributed by atoms with van der Waals surface area (Å²) in [5.74, 6) is 1.21. The van der Waals surface area contributed by atoms with Gasteiger partial charge in [-0.3, -0.25) is 14.9 Å². The lowest BCUT2D eigenvalue weighted by atomic mass is 10.1. The van der Waals surface area contributed by atoms with Gasteiger partial charge in [-0.05, 0) is 43.2 Å². The Morgan fingerprint density at radius 1 is 1.16 bits per heavy atom. The minimum absolute atomic E-state index is 0.00725. The molecule has 2 aromatic rings.